The minimum atomic E-state index is -4.27. The number of anilines is 1. The zero-order chi connectivity index (χ0) is 22.7. The molecule has 2 atom stereocenters. The zero-order valence-corrected chi connectivity index (χ0v) is 19.3. The van der Waals surface area contributed by atoms with Crippen molar-refractivity contribution in [2.75, 3.05) is 4.31 Å². The molecule has 6 nitrogen and oxygen atoms in total. The van der Waals surface area contributed by atoms with Crippen molar-refractivity contribution in [3.05, 3.63) is 100 Å². The number of para-hydroxylation sites is 1. The molecule has 3 aromatic rings. The molecule has 1 N–H and O–H groups in total. The number of aliphatic hydroxyl groups is 1. The van der Waals surface area contributed by atoms with Crippen LogP contribution in [-0.2, 0) is 19.6 Å². The van der Waals surface area contributed by atoms with E-state index in [1.165, 1.54) is 12.1 Å². The molecule has 0 aromatic heterocycles. The van der Waals surface area contributed by atoms with Crippen LogP contribution in [0.5, 0.6) is 0 Å². The Morgan fingerprint density at radius 1 is 1.00 bits per heavy atom. The topological polar surface area (TPSA) is 83.9 Å². The SMILES string of the molecule is Cc1ccc(C2=CC(=O)O[C@]23[C@@H](O)c2ccccc2N3S(=O)(=O)c2ccccc2Br)cc1. The van der Waals surface area contributed by atoms with Crippen LogP contribution in [0.15, 0.2) is 88.2 Å². The van der Waals surface area contributed by atoms with Crippen LogP contribution >= 0.6 is 15.9 Å². The summed E-state index contributed by atoms with van der Waals surface area (Å²) in [5, 5.41) is 11.4. The Balaban J connectivity index is 1.81. The molecule has 32 heavy (non-hydrogen) atoms. The molecule has 3 aromatic carbocycles. The third kappa shape index (κ3) is 2.87. The van der Waals surface area contributed by atoms with Crippen molar-refractivity contribution in [2.24, 2.45) is 0 Å². The van der Waals surface area contributed by atoms with E-state index < -0.39 is 27.8 Å². The van der Waals surface area contributed by atoms with Gasteiger partial charge in [-0.05, 0) is 46.6 Å². The minimum Gasteiger partial charge on any atom is -0.427 e. The number of fused-ring (bicyclic) bond motifs is 1. The number of hydrogen-bond acceptors (Lipinski definition) is 5. The molecule has 0 aliphatic carbocycles. The molecule has 0 amide bonds. The number of nitrogens with zero attached hydrogens (tertiary/aromatic N) is 1. The number of rotatable bonds is 3. The van der Waals surface area contributed by atoms with E-state index in [0.717, 1.165) is 9.87 Å². The van der Waals surface area contributed by atoms with Crippen LogP contribution in [0.4, 0.5) is 5.69 Å². The standard InChI is InChI=1S/C24H18BrNO5S/c1-15-10-12-16(13-11-15)18-14-22(27)31-24(18)23(28)17-6-2-4-8-20(17)26(24)32(29,30)21-9-5-3-7-19(21)25/h2-14,23,28H,1H3/t23-,24-/m0/s1. The molecule has 0 saturated heterocycles. The fraction of sp³-hybridized carbons (Fsp3) is 0.125. The summed E-state index contributed by atoms with van der Waals surface area (Å²) in [6.45, 7) is 1.92. The summed E-state index contributed by atoms with van der Waals surface area (Å²) < 4.78 is 35.2. The summed E-state index contributed by atoms with van der Waals surface area (Å²) in [5.41, 5.74) is 0.507. The second-order valence-electron chi connectivity index (χ2n) is 7.70. The molecule has 0 saturated carbocycles. The molecule has 1 spiro atoms. The van der Waals surface area contributed by atoms with Gasteiger partial charge in [-0.2, -0.15) is 0 Å². The van der Waals surface area contributed by atoms with Crippen molar-refractivity contribution >= 4 is 43.2 Å². The lowest BCUT2D eigenvalue weighted by atomic mass is 9.91. The summed E-state index contributed by atoms with van der Waals surface area (Å²) >= 11 is 3.32. The molecule has 2 aliphatic rings. The van der Waals surface area contributed by atoms with Gasteiger partial charge in [-0.25, -0.2) is 17.5 Å². The lowest BCUT2D eigenvalue weighted by Crippen LogP contribution is -2.53. The number of esters is 1. The average Bonchev–Trinajstić information content (AvgIpc) is 3.24. The maximum atomic E-state index is 14.0. The van der Waals surface area contributed by atoms with Crippen molar-refractivity contribution in [3.8, 4) is 0 Å². The normalized spacial score (nSPS) is 22.1. The van der Waals surface area contributed by atoms with E-state index in [9.17, 15) is 18.3 Å². The Morgan fingerprint density at radius 2 is 1.66 bits per heavy atom. The van der Waals surface area contributed by atoms with Gasteiger partial charge in [0.15, 0.2) is 0 Å². The second-order valence-corrected chi connectivity index (χ2v) is 10.3. The van der Waals surface area contributed by atoms with Crippen LogP contribution in [0.3, 0.4) is 0 Å². The number of aliphatic hydroxyl groups excluding tert-OH is 1. The van der Waals surface area contributed by atoms with Crippen LogP contribution in [-0.4, -0.2) is 25.2 Å². The molecular weight excluding hydrogens is 494 g/mol. The lowest BCUT2D eigenvalue weighted by molar-refractivity contribution is -0.151. The van der Waals surface area contributed by atoms with Crippen LogP contribution in [0, 0.1) is 6.92 Å². The Hall–Kier alpha value is -2.94. The first kappa shape index (κ1) is 20.9. The second kappa shape index (κ2) is 7.30. The number of ether oxygens (including phenoxy) is 1. The molecule has 2 heterocycles. The van der Waals surface area contributed by atoms with Gasteiger partial charge in [-0.1, -0.05) is 60.2 Å². The summed E-state index contributed by atoms with van der Waals surface area (Å²) in [5.74, 6) is -0.722. The first-order valence-electron chi connectivity index (χ1n) is 9.86. The van der Waals surface area contributed by atoms with E-state index >= 15 is 0 Å². The Morgan fingerprint density at radius 3 is 2.38 bits per heavy atom. The predicted molar refractivity (Wildman–Crippen MR) is 123 cm³/mol. The average molecular weight is 512 g/mol. The third-order valence-corrected chi connectivity index (χ3v) is 8.56. The van der Waals surface area contributed by atoms with Crippen LogP contribution in [0.1, 0.15) is 22.8 Å². The first-order chi connectivity index (χ1) is 15.3. The maximum absolute atomic E-state index is 14.0. The van der Waals surface area contributed by atoms with Gasteiger partial charge >= 0.3 is 5.97 Å². The predicted octanol–water partition coefficient (Wildman–Crippen LogP) is 4.34. The Kier molecular flexibility index (Phi) is 4.77. The number of halogens is 1. The first-order valence-corrected chi connectivity index (χ1v) is 12.1. The van der Waals surface area contributed by atoms with Gasteiger partial charge in [0.05, 0.1) is 5.69 Å². The fourth-order valence-corrected chi connectivity index (χ4v) is 6.98. The number of aryl methyl sites for hydroxylation is 1. The number of carbonyl (C=O) groups excluding carboxylic acids is 1. The van der Waals surface area contributed by atoms with E-state index in [1.54, 1.807) is 54.6 Å². The summed E-state index contributed by atoms with van der Waals surface area (Å²) in [6.07, 6.45) is -0.169. The van der Waals surface area contributed by atoms with Crippen molar-refractivity contribution in [1.82, 2.24) is 0 Å². The van der Waals surface area contributed by atoms with Crippen LogP contribution in [0.25, 0.3) is 5.57 Å². The van der Waals surface area contributed by atoms with Crippen LogP contribution < -0.4 is 4.31 Å². The van der Waals surface area contributed by atoms with E-state index in [4.69, 9.17) is 4.74 Å². The number of carbonyl (C=O) groups is 1. The van der Waals surface area contributed by atoms with Crippen LogP contribution in [0.2, 0.25) is 0 Å². The highest BCUT2D eigenvalue weighted by Crippen LogP contribution is 2.57. The summed E-state index contributed by atoms with van der Waals surface area (Å²) in [6, 6.07) is 20.3. The largest absolute Gasteiger partial charge is 0.427 e. The van der Waals surface area contributed by atoms with Gasteiger partial charge in [-0.15, -0.1) is 0 Å². The molecule has 0 unspecified atom stereocenters. The van der Waals surface area contributed by atoms with Gasteiger partial charge in [0.2, 0.25) is 0 Å². The number of hydrogen-bond donors (Lipinski definition) is 1. The minimum absolute atomic E-state index is 0.00511. The number of sulfonamides is 1. The highest BCUT2D eigenvalue weighted by Gasteiger charge is 2.64. The van der Waals surface area contributed by atoms with Crippen molar-refractivity contribution < 1.29 is 23.1 Å². The molecule has 5 rings (SSSR count). The van der Waals surface area contributed by atoms with Gasteiger partial charge in [0.25, 0.3) is 15.7 Å². The quantitative estimate of drug-likeness (QED) is 0.528. The third-order valence-electron chi connectivity index (χ3n) is 5.74. The lowest BCUT2D eigenvalue weighted by Gasteiger charge is -2.38. The molecule has 0 radical (unpaired) electrons. The van der Waals surface area contributed by atoms with E-state index in [0.29, 0.717) is 15.6 Å². The molecule has 2 aliphatic heterocycles. The molecule has 8 heteroatoms. The van der Waals surface area contributed by atoms with Crippen molar-refractivity contribution in [2.45, 2.75) is 23.6 Å². The molecule has 162 valence electrons. The van der Waals surface area contributed by atoms with Crippen molar-refractivity contribution in [3.63, 3.8) is 0 Å². The Bertz CT molecular complexity index is 1380. The highest BCUT2D eigenvalue weighted by atomic mass is 79.9. The van der Waals surface area contributed by atoms with Crippen molar-refractivity contribution in [1.29, 1.82) is 0 Å². The monoisotopic (exact) mass is 511 g/mol. The smallest absolute Gasteiger partial charge is 0.333 e. The molecule has 0 bridgehead atoms. The number of benzene rings is 3. The molecular formula is C24H18BrNO5S. The maximum Gasteiger partial charge on any atom is 0.333 e. The van der Waals surface area contributed by atoms with Gasteiger partial charge in [0.1, 0.15) is 11.0 Å². The Labute approximate surface area is 193 Å². The summed E-state index contributed by atoms with van der Waals surface area (Å²) in [7, 11) is -4.27. The van der Waals surface area contributed by atoms with Gasteiger partial charge in [-0.3, -0.25) is 0 Å². The highest BCUT2D eigenvalue weighted by molar-refractivity contribution is 9.10. The van der Waals surface area contributed by atoms with E-state index in [-0.39, 0.29) is 16.2 Å². The van der Waals surface area contributed by atoms with Gasteiger partial charge < -0.3 is 9.84 Å². The fourth-order valence-electron chi connectivity index (χ4n) is 4.30. The summed E-state index contributed by atoms with van der Waals surface area (Å²) in [4.78, 5) is 12.6. The van der Waals surface area contributed by atoms with E-state index in [1.807, 2.05) is 19.1 Å². The van der Waals surface area contributed by atoms with Gasteiger partial charge in [0, 0.05) is 21.7 Å². The molecule has 0 fully saturated rings. The zero-order valence-electron chi connectivity index (χ0n) is 16.9. The van der Waals surface area contributed by atoms with E-state index in [2.05, 4.69) is 15.9 Å².